The summed E-state index contributed by atoms with van der Waals surface area (Å²) in [5, 5.41) is 0. The Bertz CT molecular complexity index is 557. The van der Waals surface area contributed by atoms with E-state index in [0.717, 1.165) is 17.6 Å². The van der Waals surface area contributed by atoms with E-state index in [4.69, 9.17) is 9.47 Å². The van der Waals surface area contributed by atoms with E-state index in [1.54, 1.807) is 0 Å². The van der Waals surface area contributed by atoms with Gasteiger partial charge < -0.3 is 14.4 Å². The van der Waals surface area contributed by atoms with Crippen LogP contribution in [0.4, 0.5) is 0 Å². The lowest BCUT2D eigenvalue weighted by Gasteiger charge is -2.24. The summed E-state index contributed by atoms with van der Waals surface area (Å²) in [5.41, 5.74) is 0.977. The molecule has 0 aliphatic carbocycles. The molecule has 6 nitrogen and oxygen atoms in total. The van der Waals surface area contributed by atoms with Crippen molar-refractivity contribution in [3.8, 4) is 11.5 Å². The Balaban J connectivity index is 2.19. The summed E-state index contributed by atoms with van der Waals surface area (Å²) in [6, 6.07) is 5.58. The minimum absolute atomic E-state index is 0.0655. The summed E-state index contributed by atoms with van der Waals surface area (Å²) in [7, 11) is 0.599. The number of rotatable bonds is 5. The van der Waals surface area contributed by atoms with E-state index in [0.29, 0.717) is 12.3 Å². The van der Waals surface area contributed by atoms with E-state index in [2.05, 4.69) is 4.72 Å². The molecule has 106 valence electrons. The van der Waals surface area contributed by atoms with Crippen LogP contribution < -0.4 is 14.2 Å². The zero-order valence-corrected chi connectivity index (χ0v) is 12.0. The number of ether oxygens (including phenoxy) is 2. The average molecular weight is 286 g/mol. The first-order valence-corrected chi connectivity index (χ1v) is 7.76. The lowest BCUT2D eigenvalue weighted by Crippen LogP contribution is -2.33. The van der Waals surface area contributed by atoms with Gasteiger partial charge in [-0.2, -0.15) is 0 Å². The van der Waals surface area contributed by atoms with Crippen molar-refractivity contribution in [2.24, 2.45) is 0 Å². The van der Waals surface area contributed by atoms with E-state index in [1.165, 1.54) is 0 Å². The molecule has 1 aromatic rings. The molecule has 0 spiro atoms. The molecule has 7 heteroatoms. The zero-order chi connectivity index (χ0) is 14.0. The normalized spacial score (nSPS) is 15.8. The summed E-state index contributed by atoms with van der Waals surface area (Å²) < 4.78 is 35.5. The number of benzene rings is 1. The molecule has 1 aliphatic rings. The predicted octanol–water partition coefficient (Wildman–Crippen LogP) is 0.567. The lowest BCUT2D eigenvalue weighted by molar-refractivity contribution is 0.174. The monoisotopic (exact) mass is 286 g/mol. The molecular weight excluding hydrogens is 268 g/mol. The Morgan fingerprint density at radius 3 is 2.63 bits per heavy atom. The van der Waals surface area contributed by atoms with E-state index < -0.39 is 10.0 Å². The molecule has 0 amide bonds. The highest BCUT2D eigenvalue weighted by Gasteiger charge is 2.20. The third-order valence-electron chi connectivity index (χ3n) is 2.94. The quantitative estimate of drug-likeness (QED) is 0.857. The molecule has 19 heavy (non-hydrogen) atoms. The van der Waals surface area contributed by atoms with Crippen molar-refractivity contribution in [2.75, 3.05) is 33.7 Å². The van der Waals surface area contributed by atoms with Gasteiger partial charge in [0, 0.05) is 12.6 Å². The van der Waals surface area contributed by atoms with Gasteiger partial charge in [-0.1, -0.05) is 6.07 Å². The van der Waals surface area contributed by atoms with Gasteiger partial charge in [0.1, 0.15) is 0 Å². The van der Waals surface area contributed by atoms with Crippen molar-refractivity contribution in [2.45, 2.75) is 6.04 Å². The number of hydrogen-bond acceptors (Lipinski definition) is 5. The SMILES string of the molecule is CN(C)[C@H](CNS(C)(=O)=O)c1ccc2c(c1)OCO2. The first kappa shape index (κ1) is 14.1. The maximum atomic E-state index is 11.2. The molecule has 2 rings (SSSR count). The van der Waals surface area contributed by atoms with Gasteiger partial charge in [-0.3, -0.25) is 0 Å². The minimum atomic E-state index is -3.20. The van der Waals surface area contributed by atoms with Gasteiger partial charge in [0.15, 0.2) is 11.5 Å². The average Bonchev–Trinajstić information content (AvgIpc) is 2.74. The fraction of sp³-hybridized carbons (Fsp3) is 0.500. The fourth-order valence-corrected chi connectivity index (χ4v) is 2.41. The summed E-state index contributed by atoms with van der Waals surface area (Å²) in [6.07, 6.45) is 1.15. The second-order valence-corrected chi connectivity index (χ2v) is 6.55. The van der Waals surface area contributed by atoms with Gasteiger partial charge in [-0.15, -0.1) is 0 Å². The van der Waals surface area contributed by atoms with Crippen LogP contribution in [0.25, 0.3) is 0 Å². The van der Waals surface area contributed by atoms with Crippen LogP contribution in [0.5, 0.6) is 11.5 Å². The Hall–Kier alpha value is -1.31. The van der Waals surface area contributed by atoms with E-state index >= 15 is 0 Å². The van der Waals surface area contributed by atoms with Crippen LogP contribution in [0, 0.1) is 0 Å². The van der Waals surface area contributed by atoms with Crippen molar-refractivity contribution in [3.63, 3.8) is 0 Å². The summed E-state index contributed by atoms with van der Waals surface area (Å²) in [4.78, 5) is 1.95. The maximum Gasteiger partial charge on any atom is 0.231 e. The van der Waals surface area contributed by atoms with E-state index in [1.807, 2.05) is 37.2 Å². The molecule has 1 heterocycles. The summed E-state index contributed by atoms with van der Waals surface area (Å²) in [5.74, 6) is 1.42. The van der Waals surface area contributed by atoms with Gasteiger partial charge in [0.25, 0.3) is 0 Å². The van der Waals surface area contributed by atoms with Crippen molar-refractivity contribution in [1.29, 1.82) is 0 Å². The molecule has 0 radical (unpaired) electrons. The number of nitrogens with one attached hydrogen (secondary N) is 1. The molecule has 0 saturated heterocycles. The highest BCUT2D eigenvalue weighted by Crippen LogP contribution is 2.34. The Morgan fingerprint density at radius 1 is 1.32 bits per heavy atom. The van der Waals surface area contributed by atoms with E-state index in [9.17, 15) is 8.42 Å². The molecule has 1 aliphatic heterocycles. The highest BCUT2D eigenvalue weighted by atomic mass is 32.2. The summed E-state index contributed by atoms with van der Waals surface area (Å²) in [6.45, 7) is 0.540. The van der Waals surface area contributed by atoms with Crippen LogP contribution in [0.3, 0.4) is 0 Å². The second kappa shape index (κ2) is 5.36. The van der Waals surface area contributed by atoms with Gasteiger partial charge in [-0.25, -0.2) is 13.1 Å². The van der Waals surface area contributed by atoms with Crippen molar-refractivity contribution >= 4 is 10.0 Å². The lowest BCUT2D eigenvalue weighted by atomic mass is 10.1. The van der Waals surface area contributed by atoms with Crippen LogP contribution in [-0.4, -0.2) is 47.0 Å². The van der Waals surface area contributed by atoms with Gasteiger partial charge in [-0.05, 0) is 31.8 Å². The van der Waals surface area contributed by atoms with Crippen molar-refractivity contribution < 1.29 is 17.9 Å². The van der Waals surface area contributed by atoms with Crippen LogP contribution in [0.2, 0.25) is 0 Å². The third kappa shape index (κ3) is 3.59. The topological polar surface area (TPSA) is 67.9 Å². The second-order valence-electron chi connectivity index (χ2n) is 4.71. The van der Waals surface area contributed by atoms with E-state index in [-0.39, 0.29) is 12.8 Å². The molecule has 1 atom stereocenters. The number of nitrogens with zero attached hydrogens (tertiary/aromatic N) is 1. The smallest absolute Gasteiger partial charge is 0.231 e. The molecule has 0 fully saturated rings. The minimum Gasteiger partial charge on any atom is -0.454 e. The standard InChI is InChI=1S/C12H18N2O4S/c1-14(2)10(7-13-19(3,15)16)9-4-5-11-12(6-9)18-8-17-11/h4-6,10,13H,7-8H2,1-3H3/t10-/m1/s1. The van der Waals surface area contributed by atoms with Gasteiger partial charge >= 0.3 is 0 Å². The Kier molecular flexibility index (Phi) is 3.98. The predicted molar refractivity (Wildman–Crippen MR) is 71.8 cm³/mol. The number of hydrogen-bond donors (Lipinski definition) is 1. The third-order valence-corrected chi connectivity index (χ3v) is 3.63. The largest absolute Gasteiger partial charge is 0.454 e. The number of fused-ring (bicyclic) bond motifs is 1. The molecular formula is C12H18N2O4S. The van der Waals surface area contributed by atoms with Crippen molar-refractivity contribution in [1.82, 2.24) is 9.62 Å². The molecule has 0 unspecified atom stereocenters. The van der Waals surface area contributed by atoms with Gasteiger partial charge in [0.2, 0.25) is 16.8 Å². The molecule has 0 aromatic heterocycles. The molecule has 0 saturated carbocycles. The highest BCUT2D eigenvalue weighted by molar-refractivity contribution is 7.88. The van der Waals surface area contributed by atoms with Crippen LogP contribution in [0.15, 0.2) is 18.2 Å². The van der Waals surface area contributed by atoms with Crippen LogP contribution >= 0.6 is 0 Å². The molecule has 1 N–H and O–H groups in total. The van der Waals surface area contributed by atoms with Crippen molar-refractivity contribution in [3.05, 3.63) is 23.8 Å². The van der Waals surface area contributed by atoms with Crippen LogP contribution in [0.1, 0.15) is 11.6 Å². The Morgan fingerprint density at radius 2 is 2.00 bits per heavy atom. The first-order valence-electron chi connectivity index (χ1n) is 5.87. The maximum absolute atomic E-state index is 11.2. The molecule has 0 bridgehead atoms. The van der Waals surface area contributed by atoms with Crippen LogP contribution in [-0.2, 0) is 10.0 Å². The number of sulfonamides is 1. The molecule has 1 aromatic carbocycles. The number of likely N-dealkylation sites (N-methyl/N-ethyl adjacent to an activating group) is 1. The first-order chi connectivity index (χ1) is 8.87. The fourth-order valence-electron chi connectivity index (χ4n) is 1.95. The summed E-state index contributed by atoms with van der Waals surface area (Å²) >= 11 is 0. The Labute approximate surface area is 113 Å². The van der Waals surface area contributed by atoms with Gasteiger partial charge in [0.05, 0.1) is 6.26 Å². The zero-order valence-electron chi connectivity index (χ0n) is 11.2.